The van der Waals surface area contributed by atoms with Gasteiger partial charge in [-0.25, -0.2) is 4.99 Å². The average Bonchev–Trinajstić information content (AvgIpc) is 2.73. The summed E-state index contributed by atoms with van der Waals surface area (Å²) in [7, 11) is 4.94. The summed E-state index contributed by atoms with van der Waals surface area (Å²) in [4.78, 5) is 15.8. The van der Waals surface area contributed by atoms with Crippen LogP contribution in [0.5, 0.6) is 17.2 Å². The quantitative estimate of drug-likeness (QED) is 0.798. The molecule has 148 valence electrons. The lowest BCUT2D eigenvalue weighted by Crippen LogP contribution is -2.74. The van der Waals surface area contributed by atoms with E-state index in [2.05, 4.69) is 11.1 Å². The molecule has 1 fully saturated rings. The van der Waals surface area contributed by atoms with Crippen molar-refractivity contribution in [1.82, 2.24) is 0 Å². The zero-order valence-corrected chi connectivity index (χ0v) is 16.8. The molecule has 0 bridgehead atoms. The molecule has 0 amide bonds. The van der Waals surface area contributed by atoms with Crippen molar-refractivity contribution in [3.8, 4) is 17.2 Å². The first-order chi connectivity index (χ1) is 13.6. The van der Waals surface area contributed by atoms with Gasteiger partial charge in [-0.3, -0.25) is 4.79 Å². The van der Waals surface area contributed by atoms with E-state index in [1.165, 1.54) is 0 Å². The topological polar surface area (TPSA) is 58.7 Å². The van der Waals surface area contributed by atoms with Crippen LogP contribution in [-0.4, -0.2) is 39.4 Å². The SMILES string of the molecule is COc1cccc([C@H]2CC(=O)CC(=[NH+]CCc3ccc(OC)c(OC)c3)C2)c1. The number of hydrogen-bond donors (Lipinski definition) is 1. The molecule has 3 rings (SSSR count). The molecule has 5 nitrogen and oxygen atoms in total. The van der Waals surface area contributed by atoms with Crippen molar-refractivity contribution >= 4 is 11.5 Å². The minimum absolute atomic E-state index is 0.208. The molecule has 1 aliphatic carbocycles. The Bertz CT molecular complexity index is 859. The number of carbonyl (C=O) groups is 1. The van der Waals surface area contributed by atoms with Gasteiger partial charge in [-0.2, -0.15) is 0 Å². The lowest BCUT2D eigenvalue weighted by atomic mass is 9.82. The zero-order valence-electron chi connectivity index (χ0n) is 16.8. The van der Waals surface area contributed by atoms with Crippen LogP contribution in [0.3, 0.4) is 0 Å². The first-order valence-electron chi connectivity index (χ1n) is 9.58. The molecule has 1 atom stereocenters. The van der Waals surface area contributed by atoms with E-state index in [0.29, 0.717) is 12.8 Å². The molecule has 5 heteroatoms. The van der Waals surface area contributed by atoms with Crippen LogP contribution < -0.4 is 19.2 Å². The Morgan fingerprint density at radius 1 is 0.964 bits per heavy atom. The van der Waals surface area contributed by atoms with E-state index in [0.717, 1.165) is 53.5 Å². The van der Waals surface area contributed by atoms with E-state index < -0.39 is 0 Å². The van der Waals surface area contributed by atoms with Gasteiger partial charge in [0.15, 0.2) is 17.2 Å². The number of rotatable bonds is 7. The van der Waals surface area contributed by atoms with Gasteiger partial charge in [0.25, 0.3) is 0 Å². The summed E-state index contributed by atoms with van der Waals surface area (Å²) < 4.78 is 16.0. The smallest absolute Gasteiger partial charge is 0.160 e. The van der Waals surface area contributed by atoms with Crippen LogP contribution in [-0.2, 0) is 11.2 Å². The maximum atomic E-state index is 12.3. The Hall–Kier alpha value is -2.82. The van der Waals surface area contributed by atoms with Crippen LogP contribution in [0.1, 0.15) is 36.3 Å². The van der Waals surface area contributed by atoms with Gasteiger partial charge in [-0.1, -0.05) is 18.2 Å². The third-order valence-electron chi connectivity index (χ3n) is 5.18. The highest BCUT2D eigenvalue weighted by molar-refractivity contribution is 6.02. The maximum absolute atomic E-state index is 12.3. The Kier molecular flexibility index (Phi) is 6.69. The van der Waals surface area contributed by atoms with Crippen molar-refractivity contribution in [3.63, 3.8) is 0 Å². The highest BCUT2D eigenvalue weighted by Crippen LogP contribution is 2.30. The zero-order chi connectivity index (χ0) is 19.9. The summed E-state index contributed by atoms with van der Waals surface area (Å²) in [5, 5.41) is 0. The standard InChI is InChI=1S/C23H27NO4/c1-26-21-6-4-5-17(14-21)18-12-19(15-20(25)13-18)24-10-9-16-7-8-22(27-2)23(11-16)28-3/h4-8,11,14,18H,9-10,12-13,15H2,1-3H3/p+1/t18-/m1/s1. The maximum Gasteiger partial charge on any atom is 0.160 e. The van der Waals surface area contributed by atoms with Crippen molar-refractivity contribution in [2.45, 2.75) is 31.6 Å². The normalized spacial score (nSPS) is 18.2. The number of ketones is 1. The fourth-order valence-corrected chi connectivity index (χ4v) is 3.71. The van der Waals surface area contributed by atoms with Crippen LogP contribution in [0.25, 0.3) is 0 Å². The predicted octanol–water partition coefficient (Wildman–Crippen LogP) is 2.31. The minimum Gasteiger partial charge on any atom is -0.497 e. The van der Waals surface area contributed by atoms with E-state index >= 15 is 0 Å². The van der Waals surface area contributed by atoms with E-state index in [4.69, 9.17) is 14.2 Å². The number of benzene rings is 2. The van der Waals surface area contributed by atoms with Gasteiger partial charge >= 0.3 is 0 Å². The first kappa shape index (κ1) is 19.9. The van der Waals surface area contributed by atoms with Gasteiger partial charge in [0, 0.05) is 25.2 Å². The highest BCUT2D eigenvalue weighted by atomic mass is 16.5. The number of carbonyl (C=O) groups excluding carboxylic acids is 1. The number of ether oxygens (including phenoxy) is 3. The summed E-state index contributed by atoms with van der Waals surface area (Å²) in [5.74, 6) is 2.79. The molecule has 0 aliphatic heterocycles. The molecule has 0 aromatic heterocycles. The summed E-state index contributed by atoms with van der Waals surface area (Å²) in [6.07, 6.45) is 2.84. The van der Waals surface area contributed by atoms with Gasteiger partial charge in [0.2, 0.25) is 0 Å². The first-order valence-corrected chi connectivity index (χ1v) is 9.58. The predicted molar refractivity (Wildman–Crippen MR) is 109 cm³/mol. The molecule has 0 heterocycles. The number of methoxy groups -OCH3 is 3. The Morgan fingerprint density at radius 2 is 1.79 bits per heavy atom. The molecular formula is C23H28NO4+. The van der Waals surface area contributed by atoms with Crippen molar-refractivity contribution < 1.29 is 24.0 Å². The third-order valence-corrected chi connectivity index (χ3v) is 5.18. The van der Waals surface area contributed by atoms with Crippen LogP contribution in [0, 0.1) is 0 Å². The molecule has 0 radical (unpaired) electrons. The summed E-state index contributed by atoms with van der Waals surface area (Å²) in [6.45, 7) is 0.781. The largest absolute Gasteiger partial charge is 0.497 e. The highest BCUT2D eigenvalue weighted by Gasteiger charge is 2.28. The molecule has 0 spiro atoms. The fourth-order valence-electron chi connectivity index (χ4n) is 3.71. The Labute approximate surface area is 166 Å². The third kappa shape index (κ3) is 4.91. The van der Waals surface area contributed by atoms with Gasteiger partial charge in [0.1, 0.15) is 18.1 Å². The van der Waals surface area contributed by atoms with Crippen molar-refractivity contribution in [2.24, 2.45) is 0 Å². The van der Waals surface area contributed by atoms with Crippen LogP contribution in [0.4, 0.5) is 0 Å². The lowest BCUT2D eigenvalue weighted by Gasteiger charge is -2.20. The number of nitrogens with one attached hydrogen (secondary N) is 1. The van der Waals surface area contributed by atoms with Crippen molar-refractivity contribution in [1.29, 1.82) is 0 Å². The molecule has 1 saturated carbocycles. The fraction of sp³-hybridized carbons (Fsp3) is 0.391. The molecule has 2 aromatic carbocycles. The Balaban J connectivity index is 1.65. The molecule has 1 N–H and O–H groups in total. The van der Waals surface area contributed by atoms with Crippen LogP contribution >= 0.6 is 0 Å². The van der Waals surface area contributed by atoms with E-state index in [9.17, 15) is 4.79 Å². The summed E-state index contributed by atoms with van der Waals surface area (Å²) in [6, 6.07) is 14.0. The molecule has 28 heavy (non-hydrogen) atoms. The molecule has 0 saturated heterocycles. The minimum atomic E-state index is 0.208. The summed E-state index contributed by atoms with van der Waals surface area (Å²) in [5.41, 5.74) is 3.44. The number of Topliss-reactive ketones (excluding diaryl/α,β-unsaturated/α-hetero) is 1. The molecule has 2 aromatic rings. The number of hydrogen-bond acceptors (Lipinski definition) is 4. The van der Waals surface area contributed by atoms with Crippen LogP contribution in [0.2, 0.25) is 0 Å². The second kappa shape index (κ2) is 9.40. The van der Waals surface area contributed by atoms with Gasteiger partial charge < -0.3 is 14.2 Å². The monoisotopic (exact) mass is 382 g/mol. The van der Waals surface area contributed by atoms with E-state index in [1.807, 2.05) is 36.4 Å². The van der Waals surface area contributed by atoms with Crippen molar-refractivity contribution in [2.75, 3.05) is 27.9 Å². The van der Waals surface area contributed by atoms with E-state index in [-0.39, 0.29) is 11.7 Å². The van der Waals surface area contributed by atoms with Crippen LogP contribution in [0.15, 0.2) is 42.5 Å². The van der Waals surface area contributed by atoms with E-state index in [1.54, 1.807) is 21.3 Å². The van der Waals surface area contributed by atoms with Gasteiger partial charge in [-0.15, -0.1) is 0 Å². The van der Waals surface area contributed by atoms with Gasteiger partial charge in [0.05, 0.1) is 27.8 Å². The second-order valence-corrected chi connectivity index (χ2v) is 7.07. The average molecular weight is 382 g/mol. The Morgan fingerprint density at radius 3 is 2.54 bits per heavy atom. The molecular weight excluding hydrogens is 354 g/mol. The molecule has 1 aliphatic rings. The van der Waals surface area contributed by atoms with Gasteiger partial charge in [-0.05, 0) is 35.4 Å². The second-order valence-electron chi connectivity index (χ2n) is 7.07. The summed E-state index contributed by atoms with van der Waals surface area (Å²) >= 11 is 0. The lowest BCUT2D eigenvalue weighted by molar-refractivity contribution is -0.459. The van der Waals surface area contributed by atoms with Crippen molar-refractivity contribution in [3.05, 3.63) is 53.6 Å². The molecule has 0 unspecified atom stereocenters.